The van der Waals surface area contributed by atoms with Gasteiger partial charge in [0.1, 0.15) is 17.0 Å². The molecular weight excluding hydrogens is 801 g/mol. The molecule has 1 unspecified atom stereocenters. The van der Waals surface area contributed by atoms with E-state index in [0.717, 1.165) is 80.1 Å². The van der Waals surface area contributed by atoms with Crippen LogP contribution in [0.15, 0.2) is 78.2 Å². The number of nitrogens with one attached hydrogen (secondary N) is 2. The maximum atomic E-state index is 13.6. The minimum Gasteiger partial charge on any atom is -0.384 e. The van der Waals surface area contributed by atoms with Gasteiger partial charge in [0, 0.05) is 43.1 Å². The summed E-state index contributed by atoms with van der Waals surface area (Å²) in [6.45, 7) is 9.75. The first-order valence-corrected chi connectivity index (χ1v) is 22.1. The van der Waals surface area contributed by atoms with Gasteiger partial charge in [-0.05, 0) is 118 Å². The molecular formula is C47H50N10O6. The van der Waals surface area contributed by atoms with E-state index in [1.165, 1.54) is 5.56 Å². The van der Waals surface area contributed by atoms with Crippen LogP contribution in [0.3, 0.4) is 0 Å². The summed E-state index contributed by atoms with van der Waals surface area (Å²) in [6, 6.07) is 17.1. The molecule has 10 rings (SSSR count). The summed E-state index contributed by atoms with van der Waals surface area (Å²) in [5, 5.41) is 17.2. The van der Waals surface area contributed by atoms with Crippen LogP contribution in [-0.2, 0) is 28.2 Å². The van der Waals surface area contributed by atoms with E-state index in [2.05, 4.69) is 44.1 Å². The highest BCUT2D eigenvalue weighted by atomic mass is 16.3. The Labute approximate surface area is 363 Å². The van der Waals surface area contributed by atoms with E-state index in [1.54, 1.807) is 33.8 Å². The molecule has 0 spiro atoms. The lowest BCUT2D eigenvalue weighted by molar-refractivity contribution is -0.136. The SMILES string of the molecule is C=CCn1c(=O)c2cnc(Nc3ccc(C4CCN(C5CCN(c6ccc7c(c6)C(=O)N(C6CCC(=O)NC6=O)C7=O)CC5)CC4)cc3)nc2n1-c1ccc2c(n1)[C@@](O)(CC)CC2. The molecule has 0 bridgehead atoms. The zero-order valence-corrected chi connectivity index (χ0v) is 35.3. The highest BCUT2D eigenvalue weighted by Crippen LogP contribution is 2.39. The molecule has 324 valence electrons. The first kappa shape index (κ1) is 40.5. The van der Waals surface area contributed by atoms with Gasteiger partial charge in [0.25, 0.3) is 17.4 Å². The van der Waals surface area contributed by atoms with E-state index in [-0.39, 0.29) is 24.9 Å². The number of allylic oxidation sites excluding steroid dienone is 1. The van der Waals surface area contributed by atoms with Crippen molar-refractivity contribution in [1.82, 2.24) is 39.4 Å². The summed E-state index contributed by atoms with van der Waals surface area (Å²) in [5.74, 6) is -0.685. The number of amides is 4. The Morgan fingerprint density at radius 3 is 2.38 bits per heavy atom. The summed E-state index contributed by atoms with van der Waals surface area (Å²) in [4.78, 5) is 84.4. The number of carbonyl (C=O) groups excluding carboxylic acids is 4. The molecule has 4 amide bonds. The second-order valence-corrected chi connectivity index (χ2v) is 17.4. The summed E-state index contributed by atoms with van der Waals surface area (Å²) in [5.41, 5.74) is 4.44. The van der Waals surface area contributed by atoms with E-state index >= 15 is 0 Å². The number of piperidine rings is 3. The Morgan fingerprint density at radius 2 is 1.65 bits per heavy atom. The number of pyridine rings is 1. The van der Waals surface area contributed by atoms with Gasteiger partial charge in [0.15, 0.2) is 11.5 Å². The number of aryl methyl sites for hydroxylation is 1. The average Bonchev–Trinajstić information content (AvgIpc) is 3.88. The highest BCUT2D eigenvalue weighted by molar-refractivity contribution is 6.23. The van der Waals surface area contributed by atoms with Crippen molar-refractivity contribution < 1.29 is 24.3 Å². The van der Waals surface area contributed by atoms with Gasteiger partial charge >= 0.3 is 0 Å². The number of benzene rings is 2. The third kappa shape index (κ3) is 7.10. The van der Waals surface area contributed by atoms with E-state index in [0.29, 0.717) is 64.4 Å². The summed E-state index contributed by atoms with van der Waals surface area (Å²) in [6.07, 6.45) is 9.44. The number of fused-ring (bicyclic) bond motifs is 3. The van der Waals surface area contributed by atoms with Crippen LogP contribution in [0.1, 0.15) is 102 Å². The van der Waals surface area contributed by atoms with Crippen molar-refractivity contribution in [3.63, 3.8) is 0 Å². The summed E-state index contributed by atoms with van der Waals surface area (Å²) in [7, 11) is 0. The van der Waals surface area contributed by atoms with Crippen LogP contribution < -0.4 is 21.1 Å². The molecule has 0 saturated carbocycles. The number of hydrogen-bond acceptors (Lipinski definition) is 12. The van der Waals surface area contributed by atoms with Gasteiger partial charge in [-0.2, -0.15) is 4.98 Å². The quantitative estimate of drug-likeness (QED) is 0.130. The van der Waals surface area contributed by atoms with E-state index in [9.17, 15) is 29.1 Å². The Bertz CT molecular complexity index is 2750. The van der Waals surface area contributed by atoms with Gasteiger partial charge in [-0.1, -0.05) is 31.2 Å². The van der Waals surface area contributed by atoms with Gasteiger partial charge in [-0.3, -0.25) is 34.2 Å². The number of hydrogen-bond donors (Lipinski definition) is 3. The first-order chi connectivity index (χ1) is 30.5. The summed E-state index contributed by atoms with van der Waals surface area (Å²) >= 11 is 0. The van der Waals surface area contributed by atoms with Crippen molar-refractivity contribution in [2.45, 2.75) is 94.9 Å². The fourth-order valence-corrected chi connectivity index (χ4v) is 10.3. The largest absolute Gasteiger partial charge is 0.384 e. The first-order valence-electron chi connectivity index (χ1n) is 22.1. The monoisotopic (exact) mass is 850 g/mol. The molecule has 16 heteroatoms. The van der Waals surface area contributed by atoms with Crippen LogP contribution in [0, 0.1) is 0 Å². The normalized spacial score (nSPS) is 22.2. The topological polar surface area (TPSA) is 188 Å². The highest BCUT2D eigenvalue weighted by Gasteiger charge is 2.45. The van der Waals surface area contributed by atoms with Crippen molar-refractivity contribution in [2.75, 3.05) is 36.4 Å². The molecule has 0 radical (unpaired) electrons. The standard InChI is InChI=1S/C47H50N10O6/c1-3-21-55-43(60)36-27-48-46(52-41(36)57(55)38-13-7-30-15-20-47(63,4-2)40(30)50-38)49-31-8-5-28(6-9-31)29-16-22-53(23-17-29)32-18-24-54(25-19-32)33-10-11-34-35(26-33)45(62)56(44(34)61)37-12-14-39(58)51-42(37)59/h3,5-11,13,26-27,29,32,37,63H,1,4,12,14-25H2,2H3,(H,48,49,52)(H,51,58,59)/t37?,47-/m1/s1. The van der Waals surface area contributed by atoms with E-state index < -0.39 is 35.3 Å². The van der Waals surface area contributed by atoms with Gasteiger partial charge in [-0.25, -0.2) is 19.3 Å². The Morgan fingerprint density at radius 1 is 0.889 bits per heavy atom. The van der Waals surface area contributed by atoms with Gasteiger partial charge in [0.2, 0.25) is 17.8 Å². The molecule has 3 saturated heterocycles. The molecule has 2 atom stereocenters. The lowest BCUT2D eigenvalue weighted by Gasteiger charge is -2.42. The third-order valence-electron chi connectivity index (χ3n) is 13.9. The number of aliphatic hydroxyl groups is 1. The molecule has 16 nitrogen and oxygen atoms in total. The average molecular weight is 851 g/mol. The maximum Gasteiger partial charge on any atom is 0.278 e. The van der Waals surface area contributed by atoms with Crippen molar-refractivity contribution in [1.29, 1.82) is 0 Å². The van der Waals surface area contributed by atoms with Crippen molar-refractivity contribution in [2.24, 2.45) is 0 Å². The van der Waals surface area contributed by atoms with Crippen LogP contribution in [0.5, 0.6) is 0 Å². The number of aromatic nitrogens is 5. The van der Waals surface area contributed by atoms with Crippen molar-refractivity contribution >= 4 is 52.0 Å². The summed E-state index contributed by atoms with van der Waals surface area (Å²) < 4.78 is 3.24. The number of imide groups is 2. The minimum absolute atomic E-state index is 0.0891. The fourth-order valence-electron chi connectivity index (χ4n) is 10.3. The molecule has 3 fully saturated rings. The molecule has 3 aromatic heterocycles. The lowest BCUT2D eigenvalue weighted by atomic mass is 9.88. The molecule has 2 aromatic carbocycles. The van der Waals surface area contributed by atoms with E-state index in [1.807, 2.05) is 37.3 Å². The number of nitrogens with zero attached hydrogens (tertiary/aromatic N) is 8. The second-order valence-electron chi connectivity index (χ2n) is 17.4. The smallest absolute Gasteiger partial charge is 0.278 e. The van der Waals surface area contributed by atoms with Crippen LogP contribution in [0.25, 0.3) is 16.9 Å². The lowest BCUT2D eigenvalue weighted by Crippen LogP contribution is -2.54. The Kier molecular flexibility index (Phi) is 10.3. The Hall–Kier alpha value is -6.52. The number of carbonyl (C=O) groups is 4. The van der Waals surface area contributed by atoms with E-state index in [4.69, 9.17) is 9.97 Å². The van der Waals surface area contributed by atoms with Gasteiger partial charge in [0.05, 0.1) is 23.4 Å². The van der Waals surface area contributed by atoms with Crippen LogP contribution in [0.2, 0.25) is 0 Å². The molecule has 5 aliphatic rings. The predicted octanol–water partition coefficient (Wildman–Crippen LogP) is 4.70. The molecule has 63 heavy (non-hydrogen) atoms. The zero-order valence-electron chi connectivity index (χ0n) is 35.3. The van der Waals surface area contributed by atoms with Crippen molar-refractivity contribution in [3.05, 3.63) is 112 Å². The predicted molar refractivity (Wildman–Crippen MR) is 235 cm³/mol. The second kappa shape index (κ2) is 16.0. The molecule has 3 N–H and O–H groups in total. The molecule has 4 aliphatic heterocycles. The molecule has 7 heterocycles. The minimum atomic E-state index is -1.00. The number of likely N-dealkylation sites (tertiary alicyclic amines) is 1. The fraction of sp³-hybridized carbons (Fsp3) is 0.404. The molecule has 1 aliphatic carbocycles. The maximum absolute atomic E-state index is 13.6. The van der Waals surface area contributed by atoms with Crippen LogP contribution in [0.4, 0.5) is 17.3 Å². The zero-order chi connectivity index (χ0) is 43.6. The Balaban J connectivity index is 0.759. The van der Waals surface area contributed by atoms with Gasteiger partial charge < -0.3 is 20.2 Å². The van der Waals surface area contributed by atoms with Crippen molar-refractivity contribution in [3.8, 4) is 5.82 Å². The third-order valence-corrected chi connectivity index (χ3v) is 13.9. The molecule has 5 aromatic rings. The number of rotatable bonds is 10. The van der Waals surface area contributed by atoms with Crippen LogP contribution in [-0.4, -0.2) is 101 Å². The van der Waals surface area contributed by atoms with Gasteiger partial charge in [-0.15, -0.1) is 6.58 Å². The van der Waals surface area contributed by atoms with Crippen LogP contribution >= 0.6 is 0 Å². The number of anilines is 3.